The lowest BCUT2D eigenvalue weighted by atomic mass is 10.00. The van der Waals surface area contributed by atoms with Crippen molar-refractivity contribution in [2.75, 3.05) is 6.61 Å². The van der Waals surface area contributed by atoms with E-state index in [9.17, 15) is 25.2 Å². The fraction of sp³-hybridized carbons (Fsp3) is 0.949. The number of aliphatic hydroxyl groups excluding tert-OH is 4. The normalized spacial score (nSPS) is 13.8. The molecule has 0 aliphatic heterocycles. The second-order valence-electron chi connectivity index (χ2n) is 20.7. The minimum atomic E-state index is -1.28. The molecule has 388 valence electrons. The third kappa shape index (κ3) is 47.9. The molecule has 6 heteroatoms. The van der Waals surface area contributed by atoms with Crippen LogP contribution in [0, 0.1) is 0 Å². The van der Waals surface area contributed by atoms with E-state index in [1.165, 1.54) is 263 Å². The number of hydrogen-bond donors (Lipinski definition) is 5. The second kappa shape index (κ2) is 54.0. The summed E-state index contributed by atoms with van der Waals surface area (Å²) >= 11 is 0. The molecule has 0 bridgehead atoms. The molecule has 0 saturated heterocycles. The zero-order chi connectivity index (χ0) is 47.4. The van der Waals surface area contributed by atoms with E-state index in [2.05, 4.69) is 31.3 Å². The molecule has 0 aromatic rings. The number of allylic oxidation sites excluding steroid dienone is 2. The molecule has 0 saturated carbocycles. The van der Waals surface area contributed by atoms with E-state index in [1.54, 1.807) is 0 Å². The molecule has 4 atom stereocenters. The zero-order valence-electron chi connectivity index (χ0n) is 44.0. The molecule has 5 N–H and O–H groups in total. The third-order valence-corrected chi connectivity index (χ3v) is 14.2. The fourth-order valence-corrected chi connectivity index (χ4v) is 9.59. The van der Waals surface area contributed by atoms with E-state index in [4.69, 9.17) is 0 Å². The highest BCUT2D eigenvalue weighted by atomic mass is 16.3. The molecule has 0 rings (SSSR count). The van der Waals surface area contributed by atoms with Crippen molar-refractivity contribution in [2.45, 2.75) is 353 Å². The Labute approximate surface area is 406 Å². The molecule has 0 spiro atoms. The largest absolute Gasteiger partial charge is 0.394 e. The average Bonchev–Trinajstić information content (AvgIpc) is 3.31. The summed E-state index contributed by atoms with van der Waals surface area (Å²) in [7, 11) is 0. The molecule has 0 fully saturated rings. The second-order valence-corrected chi connectivity index (χ2v) is 20.7. The SMILES string of the molecule is CCCCCCCC/C=C/CCCC(O)C(O)C(CO)NC(=O)C(O)CCCCCCCCCCCCCCCCCCCCCCCCCCCCCCCCCCCCCCCC. The summed E-state index contributed by atoms with van der Waals surface area (Å²) in [6, 6.07) is -0.997. The zero-order valence-corrected chi connectivity index (χ0v) is 44.0. The average molecular weight is 921 g/mol. The van der Waals surface area contributed by atoms with Gasteiger partial charge in [0.1, 0.15) is 12.2 Å². The maximum atomic E-state index is 12.5. The Morgan fingerprint density at radius 1 is 0.369 bits per heavy atom. The van der Waals surface area contributed by atoms with Gasteiger partial charge >= 0.3 is 0 Å². The molecule has 0 radical (unpaired) electrons. The van der Waals surface area contributed by atoms with Crippen molar-refractivity contribution in [1.82, 2.24) is 5.32 Å². The predicted octanol–water partition coefficient (Wildman–Crippen LogP) is 17.3. The van der Waals surface area contributed by atoms with Crippen molar-refractivity contribution in [3.05, 3.63) is 12.2 Å². The van der Waals surface area contributed by atoms with Crippen LogP contribution in [-0.2, 0) is 4.79 Å². The van der Waals surface area contributed by atoms with Crippen LogP contribution in [0.4, 0.5) is 0 Å². The van der Waals surface area contributed by atoms with Crippen LogP contribution in [-0.4, -0.2) is 57.3 Å². The Morgan fingerprint density at radius 3 is 0.923 bits per heavy atom. The van der Waals surface area contributed by atoms with Crippen molar-refractivity contribution < 1.29 is 25.2 Å². The minimum absolute atomic E-state index is 0.368. The molecular formula is C59H117NO5. The van der Waals surface area contributed by atoms with Crippen LogP contribution in [0.15, 0.2) is 12.2 Å². The number of hydrogen-bond acceptors (Lipinski definition) is 5. The van der Waals surface area contributed by atoms with Crippen LogP contribution < -0.4 is 5.32 Å². The van der Waals surface area contributed by atoms with Gasteiger partial charge < -0.3 is 25.7 Å². The molecule has 65 heavy (non-hydrogen) atoms. The summed E-state index contributed by atoms with van der Waals surface area (Å²) in [6.45, 7) is 4.05. The lowest BCUT2D eigenvalue weighted by Gasteiger charge is -2.27. The lowest BCUT2D eigenvalue weighted by Crippen LogP contribution is -2.53. The van der Waals surface area contributed by atoms with Gasteiger partial charge in [-0.3, -0.25) is 4.79 Å². The molecule has 6 nitrogen and oxygen atoms in total. The van der Waals surface area contributed by atoms with Crippen LogP contribution in [0.5, 0.6) is 0 Å². The summed E-state index contributed by atoms with van der Waals surface area (Å²) in [4.78, 5) is 12.5. The molecule has 0 heterocycles. The predicted molar refractivity (Wildman–Crippen MR) is 284 cm³/mol. The number of amides is 1. The molecule has 0 aromatic heterocycles. The monoisotopic (exact) mass is 920 g/mol. The van der Waals surface area contributed by atoms with E-state index in [0.29, 0.717) is 12.8 Å². The van der Waals surface area contributed by atoms with E-state index >= 15 is 0 Å². The van der Waals surface area contributed by atoms with Gasteiger partial charge in [0.05, 0.1) is 18.8 Å². The fourth-order valence-electron chi connectivity index (χ4n) is 9.59. The first-order valence-electron chi connectivity index (χ1n) is 29.6. The number of carbonyl (C=O) groups excluding carboxylic acids is 1. The van der Waals surface area contributed by atoms with Gasteiger partial charge in [0.15, 0.2) is 0 Å². The highest BCUT2D eigenvalue weighted by Crippen LogP contribution is 2.19. The standard InChI is InChI=1S/C59H117NO5/c1-3-5-7-9-11-13-15-16-17-18-19-20-21-22-23-24-25-26-27-28-29-30-31-32-33-34-35-36-37-38-39-40-41-43-45-47-49-51-53-57(63)59(65)60-55(54-61)58(64)56(62)52-50-48-46-44-42-14-12-10-8-6-4-2/h44,46,55-58,61-64H,3-43,45,47-54H2,1-2H3,(H,60,65)/b46-44+. The quantitative estimate of drug-likeness (QED) is 0.0308. The van der Waals surface area contributed by atoms with E-state index in [0.717, 1.165) is 38.5 Å². The van der Waals surface area contributed by atoms with Crippen molar-refractivity contribution in [3.8, 4) is 0 Å². The number of aliphatic hydroxyl groups is 4. The smallest absolute Gasteiger partial charge is 0.249 e. The Bertz CT molecular complexity index is 944. The highest BCUT2D eigenvalue weighted by Gasteiger charge is 2.28. The summed E-state index contributed by atoms with van der Waals surface area (Å²) in [5.41, 5.74) is 0. The van der Waals surface area contributed by atoms with Crippen molar-refractivity contribution in [1.29, 1.82) is 0 Å². The molecule has 4 unspecified atom stereocenters. The Balaban J connectivity index is 3.44. The molecule has 0 aliphatic rings. The summed E-state index contributed by atoms with van der Waals surface area (Å²) in [5.74, 6) is -0.588. The van der Waals surface area contributed by atoms with Gasteiger partial charge in [-0.25, -0.2) is 0 Å². The Morgan fingerprint density at radius 2 is 0.631 bits per heavy atom. The van der Waals surface area contributed by atoms with Gasteiger partial charge in [-0.05, 0) is 38.5 Å². The van der Waals surface area contributed by atoms with Crippen LogP contribution in [0.25, 0.3) is 0 Å². The summed E-state index contributed by atoms with van der Waals surface area (Å²) in [5, 5.41) is 43.7. The van der Waals surface area contributed by atoms with Gasteiger partial charge in [0.2, 0.25) is 5.91 Å². The van der Waals surface area contributed by atoms with Crippen molar-refractivity contribution in [3.63, 3.8) is 0 Å². The maximum Gasteiger partial charge on any atom is 0.249 e. The van der Waals surface area contributed by atoms with Crippen molar-refractivity contribution in [2.24, 2.45) is 0 Å². The molecule has 0 aromatic carbocycles. The lowest BCUT2D eigenvalue weighted by molar-refractivity contribution is -0.132. The first-order valence-corrected chi connectivity index (χ1v) is 29.6. The topological polar surface area (TPSA) is 110 Å². The molecule has 1 amide bonds. The van der Waals surface area contributed by atoms with Crippen LogP contribution >= 0.6 is 0 Å². The number of nitrogens with one attached hydrogen (secondary N) is 1. The van der Waals surface area contributed by atoms with Gasteiger partial charge in [-0.2, -0.15) is 0 Å². The molecule has 0 aliphatic carbocycles. The van der Waals surface area contributed by atoms with E-state index < -0.39 is 36.9 Å². The van der Waals surface area contributed by atoms with Gasteiger partial charge in [-0.1, -0.05) is 302 Å². The van der Waals surface area contributed by atoms with Gasteiger partial charge in [0.25, 0.3) is 0 Å². The van der Waals surface area contributed by atoms with Crippen LogP contribution in [0.2, 0.25) is 0 Å². The molecular weight excluding hydrogens is 803 g/mol. The van der Waals surface area contributed by atoms with Crippen LogP contribution in [0.3, 0.4) is 0 Å². The Hall–Kier alpha value is -0.950. The maximum absolute atomic E-state index is 12.5. The van der Waals surface area contributed by atoms with Gasteiger partial charge in [0, 0.05) is 0 Å². The van der Waals surface area contributed by atoms with Crippen LogP contribution in [0.1, 0.15) is 328 Å². The van der Waals surface area contributed by atoms with Crippen molar-refractivity contribution >= 4 is 5.91 Å². The van der Waals surface area contributed by atoms with E-state index in [-0.39, 0.29) is 0 Å². The minimum Gasteiger partial charge on any atom is -0.394 e. The first kappa shape index (κ1) is 64.0. The first-order chi connectivity index (χ1) is 32.0. The third-order valence-electron chi connectivity index (χ3n) is 14.2. The highest BCUT2D eigenvalue weighted by molar-refractivity contribution is 5.80. The summed E-state index contributed by atoms with van der Waals surface area (Å²) in [6.07, 6.45) is 64.8. The number of unbranched alkanes of at least 4 members (excludes halogenated alkanes) is 44. The summed E-state index contributed by atoms with van der Waals surface area (Å²) < 4.78 is 0. The van der Waals surface area contributed by atoms with Gasteiger partial charge in [-0.15, -0.1) is 0 Å². The Kier molecular flexibility index (Phi) is 53.2. The van der Waals surface area contributed by atoms with E-state index in [1.807, 2.05) is 0 Å². The number of rotatable bonds is 55. The number of carbonyl (C=O) groups is 1.